The van der Waals surface area contributed by atoms with Crippen LogP contribution < -0.4 is 10.5 Å². The van der Waals surface area contributed by atoms with E-state index in [1.165, 1.54) is 19.3 Å². The van der Waals surface area contributed by atoms with Gasteiger partial charge in [-0.15, -0.1) is 0 Å². The van der Waals surface area contributed by atoms with Crippen LogP contribution in [-0.4, -0.2) is 16.1 Å². The van der Waals surface area contributed by atoms with E-state index in [0.717, 1.165) is 23.2 Å². The number of rotatable bonds is 3. The fourth-order valence-corrected chi connectivity index (χ4v) is 3.04. The zero-order valence-corrected chi connectivity index (χ0v) is 12.7. The molecule has 2 atom stereocenters. The van der Waals surface area contributed by atoms with Gasteiger partial charge in [-0.05, 0) is 50.7 Å². The highest BCUT2D eigenvalue weighted by Crippen LogP contribution is 2.30. The van der Waals surface area contributed by atoms with Crippen LogP contribution in [0.1, 0.15) is 49.4 Å². The highest BCUT2D eigenvalue weighted by Gasteiger charge is 2.25. The van der Waals surface area contributed by atoms with Crippen LogP contribution in [0.2, 0.25) is 0 Å². The molecule has 1 fully saturated rings. The van der Waals surface area contributed by atoms with E-state index >= 15 is 0 Å². The highest BCUT2D eigenvalue weighted by molar-refractivity contribution is 7.80. The fourth-order valence-electron chi connectivity index (χ4n) is 2.79. The fraction of sp³-hybridized carbons (Fsp3) is 0.600. The standard InChI is InChI=1S/C15H22N2OS/c1-9-6-4-5-7-12(9)18-15-13(14(16)19)10(2)8-11(3)17-15/h8-9,12H,4-7H2,1-3H3,(H2,16,19). The van der Waals surface area contributed by atoms with Gasteiger partial charge >= 0.3 is 0 Å². The molecule has 4 heteroatoms. The Morgan fingerprint density at radius 2 is 2.05 bits per heavy atom. The maximum Gasteiger partial charge on any atom is 0.224 e. The third kappa shape index (κ3) is 3.24. The summed E-state index contributed by atoms with van der Waals surface area (Å²) in [5.74, 6) is 1.18. The van der Waals surface area contributed by atoms with Gasteiger partial charge in [0.2, 0.25) is 5.88 Å². The van der Waals surface area contributed by atoms with Crippen LogP contribution in [0.4, 0.5) is 0 Å². The van der Waals surface area contributed by atoms with Crippen molar-refractivity contribution in [3.05, 3.63) is 22.9 Å². The van der Waals surface area contributed by atoms with Gasteiger partial charge in [-0.2, -0.15) is 0 Å². The maximum absolute atomic E-state index is 6.14. The first-order valence-corrected chi connectivity index (χ1v) is 7.34. The van der Waals surface area contributed by atoms with Gasteiger partial charge < -0.3 is 10.5 Å². The second kappa shape index (κ2) is 5.87. The Bertz CT molecular complexity index is 487. The molecule has 1 saturated carbocycles. The summed E-state index contributed by atoms with van der Waals surface area (Å²) in [5, 5.41) is 0. The molecule has 1 heterocycles. The molecule has 1 aliphatic rings. The first-order chi connectivity index (χ1) is 8.99. The Morgan fingerprint density at radius 3 is 2.68 bits per heavy atom. The lowest BCUT2D eigenvalue weighted by Crippen LogP contribution is -2.30. The van der Waals surface area contributed by atoms with Crippen LogP contribution in [0.5, 0.6) is 5.88 Å². The van der Waals surface area contributed by atoms with Gasteiger partial charge in [0.25, 0.3) is 0 Å². The average Bonchev–Trinajstić information content (AvgIpc) is 2.30. The van der Waals surface area contributed by atoms with Gasteiger partial charge in [-0.3, -0.25) is 0 Å². The van der Waals surface area contributed by atoms with Crippen molar-refractivity contribution in [1.82, 2.24) is 4.98 Å². The Morgan fingerprint density at radius 1 is 1.37 bits per heavy atom. The van der Waals surface area contributed by atoms with Crippen LogP contribution in [-0.2, 0) is 0 Å². The molecule has 0 spiro atoms. The molecule has 0 radical (unpaired) electrons. The summed E-state index contributed by atoms with van der Waals surface area (Å²) in [6, 6.07) is 1.99. The van der Waals surface area contributed by atoms with Crippen molar-refractivity contribution >= 4 is 17.2 Å². The molecule has 104 valence electrons. The van der Waals surface area contributed by atoms with Crippen LogP contribution in [0.3, 0.4) is 0 Å². The minimum Gasteiger partial charge on any atom is -0.474 e. The van der Waals surface area contributed by atoms with E-state index in [1.54, 1.807) is 0 Å². The Labute approximate surface area is 120 Å². The number of pyridine rings is 1. The monoisotopic (exact) mass is 278 g/mol. The smallest absolute Gasteiger partial charge is 0.224 e. The molecular formula is C15H22N2OS. The minimum absolute atomic E-state index is 0.232. The van der Waals surface area contributed by atoms with E-state index in [0.29, 0.717) is 16.8 Å². The van der Waals surface area contributed by atoms with Gasteiger partial charge in [0.15, 0.2) is 0 Å². The van der Waals surface area contributed by atoms with E-state index in [4.69, 9.17) is 22.7 Å². The van der Waals surface area contributed by atoms with Crippen molar-refractivity contribution in [3.8, 4) is 5.88 Å². The second-order valence-corrected chi connectivity index (χ2v) is 5.98. The lowest BCUT2D eigenvalue weighted by molar-refractivity contribution is 0.0972. The maximum atomic E-state index is 6.14. The summed E-state index contributed by atoms with van der Waals surface area (Å²) in [5.41, 5.74) is 8.59. The largest absolute Gasteiger partial charge is 0.474 e. The lowest BCUT2D eigenvalue weighted by atomic mass is 9.88. The van der Waals surface area contributed by atoms with Crippen molar-refractivity contribution in [2.24, 2.45) is 11.7 Å². The van der Waals surface area contributed by atoms with Gasteiger partial charge in [-0.1, -0.05) is 25.6 Å². The first kappa shape index (κ1) is 14.3. The van der Waals surface area contributed by atoms with E-state index in [1.807, 2.05) is 19.9 Å². The van der Waals surface area contributed by atoms with E-state index < -0.39 is 0 Å². The molecule has 0 amide bonds. The summed E-state index contributed by atoms with van der Waals surface area (Å²) in [7, 11) is 0. The third-order valence-electron chi connectivity index (χ3n) is 3.85. The molecule has 0 aromatic carbocycles. The normalized spacial score (nSPS) is 23.1. The quantitative estimate of drug-likeness (QED) is 0.862. The topological polar surface area (TPSA) is 48.1 Å². The summed E-state index contributed by atoms with van der Waals surface area (Å²) >= 11 is 5.14. The molecule has 19 heavy (non-hydrogen) atoms. The number of nitrogens with two attached hydrogens (primary N) is 1. The molecule has 2 rings (SSSR count). The molecule has 2 N–H and O–H groups in total. The number of aromatic nitrogens is 1. The average molecular weight is 278 g/mol. The van der Waals surface area contributed by atoms with Crippen LogP contribution in [0.15, 0.2) is 6.07 Å². The molecular weight excluding hydrogens is 256 g/mol. The Balaban J connectivity index is 2.30. The highest BCUT2D eigenvalue weighted by atomic mass is 32.1. The minimum atomic E-state index is 0.232. The number of hydrogen-bond acceptors (Lipinski definition) is 3. The molecule has 0 aliphatic heterocycles. The van der Waals surface area contributed by atoms with Gasteiger partial charge in [0.1, 0.15) is 11.1 Å². The van der Waals surface area contributed by atoms with Gasteiger partial charge in [0, 0.05) is 5.69 Å². The molecule has 0 bridgehead atoms. The van der Waals surface area contributed by atoms with Crippen molar-refractivity contribution in [1.29, 1.82) is 0 Å². The second-order valence-electron chi connectivity index (χ2n) is 5.54. The Kier molecular flexibility index (Phi) is 4.40. The molecule has 1 aromatic rings. The van der Waals surface area contributed by atoms with Crippen LogP contribution >= 0.6 is 12.2 Å². The number of hydrogen-bond donors (Lipinski definition) is 1. The van der Waals surface area contributed by atoms with Gasteiger partial charge in [0.05, 0.1) is 5.56 Å². The molecule has 1 aromatic heterocycles. The summed E-state index contributed by atoms with van der Waals surface area (Å²) in [6.45, 7) is 6.21. The molecule has 2 unspecified atom stereocenters. The van der Waals surface area contributed by atoms with E-state index in [-0.39, 0.29) is 6.10 Å². The third-order valence-corrected chi connectivity index (χ3v) is 4.06. The SMILES string of the molecule is Cc1cc(C)c(C(N)=S)c(OC2CCCCC2C)n1. The van der Waals surface area contributed by atoms with Crippen molar-refractivity contribution < 1.29 is 4.74 Å². The number of aryl methyl sites for hydroxylation is 2. The lowest BCUT2D eigenvalue weighted by Gasteiger charge is -2.29. The zero-order valence-electron chi connectivity index (χ0n) is 11.9. The predicted octanol–water partition coefficient (Wildman–Crippen LogP) is 3.29. The van der Waals surface area contributed by atoms with E-state index in [9.17, 15) is 0 Å². The molecule has 1 aliphatic carbocycles. The predicted molar refractivity (Wildman–Crippen MR) is 81.6 cm³/mol. The van der Waals surface area contributed by atoms with Crippen molar-refractivity contribution in [2.75, 3.05) is 0 Å². The number of ether oxygens (including phenoxy) is 1. The number of nitrogens with zero attached hydrogens (tertiary/aromatic N) is 1. The summed E-state index contributed by atoms with van der Waals surface area (Å²) in [6.07, 6.45) is 5.06. The van der Waals surface area contributed by atoms with Crippen molar-refractivity contribution in [3.63, 3.8) is 0 Å². The zero-order chi connectivity index (χ0) is 14.0. The number of thiocarbonyl (C=S) groups is 1. The van der Waals surface area contributed by atoms with E-state index in [2.05, 4.69) is 11.9 Å². The molecule has 3 nitrogen and oxygen atoms in total. The van der Waals surface area contributed by atoms with Crippen LogP contribution in [0, 0.1) is 19.8 Å². The first-order valence-electron chi connectivity index (χ1n) is 6.93. The summed E-state index contributed by atoms with van der Waals surface area (Å²) in [4.78, 5) is 4.86. The van der Waals surface area contributed by atoms with Crippen molar-refractivity contribution in [2.45, 2.75) is 52.6 Å². The summed E-state index contributed by atoms with van der Waals surface area (Å²) < 4.78 is 6.14. The van der Waals surface area contributed by atoms with Crippen LogP contribution in [0.25, 0.3) is 0 Å². The Hall–Kier alpha value is -1.16. The van der Waals surface area contributed by atoms with Gasteiger partial charge in [-0.25, -0.2) is 4.98 Å². The molecule has 0 saturated heterocycles.